The number of Topliss-reactive ketones (excluding diaryl/α,β-unsaturated/α-hetero) is 1. The molecule has 5 N–H and O–H groups in total. The van der Waals surface area contributed by atoms with Crippen LogP contribution in [-0.4, -0.2) is 79.1 Å². The van der Waals surface area contributed by atoms with Gasteiger partial charge in [-0.05, 0) is 73.3 Å². The lowest BCUT2D eigenvalue weighted by atomic mass is 9.45. The minimum Gasteiger partial charge on any atom is -0.480 e. The van der Waals surface area contributed by atoms with E-state index in [2.05, 4.69) is 12.2 Å². The second-order valence-corrected chi connectivity index (χ2v) is 14.2. The van der Waals surface area contributed by atoms with E-state index in [-0.39, 0.29) is 53.0 Å². The van der Waals surface area contributed by atoms with E-state index in [0.29, 0.717) is 19.3 Å². The molecule has 5 rings (SSSR count). The number of aliphatic hydroxyl groups is 3. The van der Waals surface area contributed by atoms with Gasteiger partial charge in [0.15, 0.2) is 18.4 Å². The molecule has 9 atom stereocenters. The molecule has 0 aliphatic heterocycles. The molecule has 3 fully saturated rings. The molecule has 4 aliphatic rings. The van der Waals surface area contributed by atoms with Crippen LogP contribution in [0.4, 0.5) is 5.69 Å². The zero-order valence-corrected chi connectivity index (χ0v) is 26.9. The van der Waals surface area contributed by atoms with Crippen LogP contribution < -0.4 is 5.32 Å². The van der Waals surface area contributed by atoms with Gasteiger partial charge in [0, 0.05) is 30.4 Å². The number of aliphatic hydroxyl groups excluding tert-OH is 2. The Kier molecular flexibility index (Phi) is 9.65. The van der Waals surface area contributed by atoms with Crippen LogP contribution in [0.1, 0.15) is 83.3 Å². The minimum absolute atomic E-state index is 0.0437. The van der Waals surface area contributed by atoms with Gasteiger partial charge in [-0.3, -0.25) is 29.3 Å². The van der Waals surface area contributed by atoms with Gasteiger partial charge in [0.05, 0.1) is 17.4 Å². The molecule has 0 heterocycles. The van der Waals surface area contributed by atoms with Crippen molar-refractivity contribution >= 4 is 35.1 Å². The average Bonchev–Trinajstić information content (AvgIpc) is 3.31. The molecular formula is C34H42N2O12. The number of amides is 1. The minimum atomic E-state index is -1.87. The molecule has 0 aromatic heterocycles. The number of rotatable bonds is 11. The normalized spacial score (nSPS) is 33.6. The van der Waals surface area contributed by atoms with Gasteiger partial charge in [-0.15, -0.1) is 0 Å². The Morgan fingerprint density at radius 2 is 1.85 bits per heavy atom. The number of carbonyl (C=O) groups excluding carboxylic acids is 4. The number of esters is 1. The third kappa shape index (κ3) is 6.16. The highest BCUT2D eigenvalue weighted by atomic mass is 16.6. The Morgan fingerprint density at radius 1 is 1.12 bits per heavy atom. The highest BCUT2D eigenvalue weighted by Gasteiger charge is 2.68. The standard InChI is InChI=1S/C34H42N2O12/c1-32-12-10-21(37)15-19(32)6-7-22-23-11-13-34(45,33(23,2)16-24(38)28(22)32)25(39)17-48-27(41)9-8-26(40)35-29(31(43)44)30(42)18-4-3-5-20(14-18)36(46)47/h3-5,14-15,22-24,28-30,38,42,45H,6-13,16-17H2,1-2H3,(H,35,40)(H,43,44)/t22-,23+,24+,28+,29+,30-,32+,33+,34+/m1/s1. The fraction of sp³-hybridized carbons (Fsp3) is 0.618. The Morgan fingerprint density at radius 3 is 2.54 bits per heavy atom. The van der Waals surface area contributed by atoms with Gasteiger partial charge in [-0.1, -0.05) is 31.6 Å². The molecule has 14 heteroatoms. The number of benzene rings is 1. The number of allylic oxidation sites excluding steroid dienone is 1. The summed E-state index contributed by atoms with van der Waals surface area (Å²) in [4.78, 5) is 72.7. The topological polar surface area (TPSA) is 231 Å². The number of nitrogens with one attached hydrogen (secondary N) is 1. The fourth-order valence-electron chi connectivity index (χ4n) is 9.24. The number of hydrogen-bond acceptors (Lipinski definition) is 11. The van der Waals surface area contributed by atoms with E-state index < -0.39 is 77.3 Å². The Balaban J connectivity index is 1.16. The highest BCUT2D eigenvalue weighted by molar-refractivity contribution is 5.92. The largest absolute Gasteiger partial charge is 0.480 e. The van der Waals surface area contributed by atoms with Crippen molar-refractivity contribution in [1.82, 2.24) is 5.32 Å². The number of nitro benzene ring substituents is 1. The number of ether oxygens (including phenoxy) is 1. The van der Waals surface area contributed by atoms with E-state index in [0.717, 1.165) is 30.5 Å². The average molecular weight is 671 g/mol. The number of carbonyl (C=O) groups is 5. The predicted octanol–water partition coefficient (Wildman–Crippen LogP) is 2.32. The summed E-state index contributed by atoms with van der Waals surface area (Å²) in [6.07, 6.45) is 1.46. The van der Waals surface area contributed by atoms with Crippen LogP contribution in [-0.2, 0) is 28.7 Å². The number of non-ortho nitro benzene ring substituents is 1. The first kappa shape index (κ1) is 35.3. The molecule has 260 valence electrons. The molecule has 1 aromatic carbocycles. The molecule has 0 bridgehead atoms. The molecule has 48 heavy (non-hydrogen) atoms. The maximum Gasteiger partial charge on any atom is 0.329 e. The van der Waals surface area contributed by atoms with Crippen molar-refractivity contribution in [3.05, 3.63) is 51.6 Å². The maximum atomic E-state index is 13.5. The van der Waals surface area contributed by atoms with Gasteiger partial charge in [-0.25, -0.2) is 4.79 Å². The van der Waals surface area contributed by atoms with Gasteiger partial charge in [0.1, 0.15) is 11.7 Å². The molecular weight excluding hydrogens is 628 g/mol. The second-order valence-electron chi connectivity index (χ2n) is 14.2. The van der Waals surface area contributed by atoms with E-state index in [9.17, 15) is 54.5 Å². The van der Waals surface area contributed by atoms with Crippen LogP contribution in [0, 0.1) is 38.7 Å². The molecule has 1 aromatic rings. The van der Waals surface area contributed by atoms with Crippen LogP contribution in [0.3, 0.4) is 0 Å². The van der Waals surface area contributed by atoms with Crippen molar-refractivity contribution in [2.75, 3.05) is 6.61 Å². The summed E-state index contributed by atoms with van der Waals surface area (Å²) in [7, 11) is 0. The second kappa shape index (κ2) is 13.1. The summed E-state index contributed by atoms with van der Waals surface area (Å²) < 4.78 is 5.13. The lowest BCUT2D eigenvalue weighted by Gasteiger charge is -2.60. The molecule has 0 saturated heterocycles. The summed E-state index contributed by atoms with van der Waals surface area (Å²) in [5, 5.41) is 56.6. The number of carboxylic acids is 1. The lowest BCUT2D eigenvalue weighted by Crippen LogP contribution is -2.62. The van der Waals surface area contributed by atoms with Crippen LogP contribution in [0.15, 0.2) is 35.9 Å². The Hall–Kier alpha value is -4.01. The third-order valence-corrected chi connectivity index (χ3v) is 11.8. The van der Waals surface area contributed by atoms with Crippen molar-refractivity contribution < 1.29 is 54.1 Å². The summed E-state index contributed by atoms with van der Waals surface area (Å²) in [5.41, 5.74) is -2.56. The smallest absolute Gasteiger partial charge is 0.329 e. The zero-order valence-electron chi connectivity index (χ0n) is 26.9. The number of hydrogen-bond donors (Lipinski definition) is 5. The Labute approximate surface area is 276 Å². The van der Waals surface area contributed by atoms with E-state index in [4.69, 9.17) is 4.74 Å². The predicted molar refractivity (Wildman–Crippen MR) is 166 cm³/mol. The van der Waals surface area contributed by atoms with Crippen LogP contribution in [0.25, 0.3) is 0 Å². The highest BCUT2D eigenvalue weighted by Crippen LogP contribution is 2.67. The molecule has 0 spiro atoms. The number of carboxylic acid groups (broad SMARTS) is 1. The van der Waals surface area contributed by atoms with Crippen LogP contribution >= 0.6 is 0 Å². The van der Waals surface area contributed by atoms with E-state index in [1.807, 2.05) is 6.92 Å². The van der Waals surface area contributed by atoms with Gasteiger partial charge in [0.25, 0.3) is 5.69 Å². The fourth-order valence-corrected chi connectivity index (χ4v) is 9.24. The summed E-state index contributed by atoms with van der Waals surface area (Å²) in [6.45, 7) is 3.17. The molecule has 0 unspecified atom stereocenters. The van der Waals surface area contributed by atoms with E-state index in [1.54, 1.807) is 6.08 Å². The van der Waals surface area contributed by atoms with Crippen molar-refractivity contribution in [1.29, 1.82) is 0 Å². The van der Waals surface area contributed by atoms with Gasteiger partial charge in [-0.2, -0.15) is 0 Å². The van der Waals surface area contributed by atoms with Crippen LogP contribution in [0.2, 0.25) is 0 Å². The van der Waals surface area contributed by atoms with Crippen molar-refractivity contribution in [2.24, 2.45) is 28.6 Å². The quantitative estimate of drug-likeness (QED) is 0.130. The maximum absolute atomic E-state index is 13.5. The summed E-state index contributed by atoms with van der Waals surface area (Å²) in [5.74, 6) is -4.19. The molecule has 0 radical (unpaired) electrons. The number of ketones is 2. The first-order valence-electron chi connectivity index (χ1n) is 16.3. The van der Waals surface area contributed by atoms with Crippen molar-refractivity contribution in [3.8, 4) is 0 Å². The number of aliphatic carboxylic acids is 1. The molecule has 4 aliphatic carbocycles. The van der Waals surface area contributed by atoms with E-state index in [1.165, 1.54) is 12.1 Å². The number of nitro groups is 1. The summed E-state index contributed by atoms with van der Waals surface area (Å²) >= 11 is 0. The molecule has 14 nitrogen and oxygen atoms in total. The van der Waals surface area contributed by atoms with Gasteiger partial charge < -0.3 is 30.5 Å². The first-order chi connectivity index (χ1) is 22.5. The SMILES string of the molecule is C[C@]12CCC(=O)C=C1CC[C@H]1[C@H]2[C@@H](O)C[C@@]2(C)[C@H]1CC[C@]2(O)C(=O)COC(=O)CCC(=O)N[C@H](C(=O)O)[C@H](O)c1cccc([N+](=O)[O-])c1. The third-order valence-electron chi connectivity index (χ3n) is 11.8. The number of fused-ring (bicyclic) bond motifs is 5. The first-order valence-corrected chi connectivity index (χ1v) is 16.3. The van der Waals surface area contributed by atoms with Gasteiger partial charge in [0.2, 0.25) is 11.7 Å². The molecule has 1 amide bonds. The molecule has 3 saturated carbocycles. The zero-order chi connectivity index (χ0) is 35.2. The van der Waals surface area contributed by atoms with Crippen molar-refractivity contribution in [2.45, 2.75) is 95.5 Å². The lowest BCUT2D eigenvalue weighted by molar-refractivity contribution is -0.385. The van der Waals surface area contributed by atoms with E-state index >= 15 is 0 Å². The monoisotopic (exact) mass is 670 g/mol. The van der Waals surface area contributed by atoms with Crippen molar-refractivity contribution in [3.63, 3.8) is 0 Å². The van der Waals surface area contributed by atoms with Crippen LogP contribution in [0.5, 0.6) is 0 Å². The number of nitrogens with zero attached hydrogens (tertiary/aromatic N) is 1. The Bertz CT molecular complexity index is 1560. The summed E-state index contributed by atoms with van der Waals surface area (Å²) in [6, 6.07) is 2.79. The van der Waals surface area contributed by atoms with Gasteiger partial charge >= 0.3 is 11.9 Å².